The van der Waals surface area contributed by atoms with Crippen LogP contribution in [0.2, 0.25) is 0 Å². The molecule has 6 heteroatoms. The van der Waals surface area contributed by atoms with Crippen molar-refractivity contribution in [2.24, 2.45) is 0 Å². The second kappa shape index (κ2) is 5.85. The Labute approximate surface area is 106 Å². The molecule has 0 amide bonds. The van der Waals surface area contributed by atoms with Gasteiger partial charge in [-0.25, -0.2) is 17.5 Å². The Morgan fingerprint density at radius 1 is 1.50 bits per heavy atom. The summed E-state index contributed by atoms with van der Waals surface area (Å²) < 4.78 is 39.8. The lowest BCUT2D eigenvalue weighted by molar-refractivity contribution is 0.552. The van der Waals surface area contributed by atoms with Crippen molar-refractivity contribution in [1.82, 2.24) is 4.72 Å². The van der Waals surface area contributed by atoms with Gasteiger partial charge in [-0.15, -0.1) is 12.3 Å². The van der Waals surface area contributed by atoms with Crippen LogP contribution >= 0.6 is 0 Å². The number of hydrogen-bond acceptors (Lipinski definition) is 3. The molecular weight excluding hydrogens is 255 g/mol. The summed E-state index contributed by atoms with van der Waals surface area (Å²) in [5.41, 5.74) is 5.92. The summed E-state index contributed by atoms with van der Waals surface area (Å²) >= 11 is 0. The first-order chi connectivity index (χ1) is 8.38. The van der Waals surface area contributed by atoms with E-state index in [0.717, 1.165) is 6.07 Å². The van der Waals surface area contributed by atoms with Crippen LogP contribution in [-0.2, 0) is 10.0 Å². The molecule has 3 N–H and O–H groups in total. The fourth-order valence-corrected chi connectivity index (χ4v) is 2.69. The Hall–Kier alpha value is -1.58. The van der Waals surface area contributed by atoms with Gasteiger partial charge >= 0.3 is 0 Å². The van der Waals surface area contributed by atoms with E-state index in [2.05, 4.69) is 10.6 Å². The monoisotopic (exact) mass is 270 g/mol. The van der Waals surface area contributed by atoms with Crippen LogP contribution in [0.3, 0.4) is 0 Å². The first-order valence-corrected chi connectivity index (χ1v) is 6.85. The molecule has 0 atom stereocenters. The van der Waals surface area contributed by atoms with E-state index >= 15 is 0 Å². The second-order valence-corrected chi connectivity index (χ2v) is 5.59. The summed E-state index contributed by atoms with van der Waals surface area (Å²) in [4.78, 5) is -0.430. The number of nitrogen functional groups attached to an aromatic ring is 1. The van der Waals surface area contributed by atoms with Crippen LogP contribution in [0.4, 0.5) is 10.1 Å². The van der Waals surface area contributed by atoms with Crippen LogP contribution in [0.15, 0.2) is 17.0 Å². The summed E-state index contributed by atoms with van der Waals surface area (Å²) in [6.07, 6.45) is 6.01. The van der Waals surface area contributed by atoms with E-state index in [1.165, 1.54) is 13.0 Å². The van der Waals surface area contributed by atoms with Crippen molar-refractivity contribution in [3.63, 3.8) is 0 Å². The lowest BCUT2D eigenvalue weighted by Gasteiger charge is -2.09. The quantitative estimate of drug-likeness (QED) is 0.483. The van der Waals surface area contributed by atoms with Gasteiger partial charge < -0.3 is 5.73 Å². The van der Waals surface area contributed by atoms with Crippen molar-refractivity contribution >= 4 is 15.7 Å². The lowest BCUT2D eigenvalue weighted by atomic mass is 10.2. The van der Waals surface area contributed by atoms with Gasteiger partial charge in [0.15, 0.2) is 0 Å². The summed E-state index contributed by atoms with van der Waals surface area (Å²) in [6.45, 7) is 1.63. The number of anilines is 1. The van der Waals surface area contributed by atoms with Crippen LogP contribution in [-0.4, -0.2) is 15.0 Å². The SMILES string of the molecule is C#CCCCNS(=O)(=O)c1cc(N)cc(C)c1F. The van der Waals surface area contributed by atoms with Gasteiger partial charge in [0.25, 0.3) is 0 Å². The molecule has 1 aromatic rings. The highest BCUT2D eigenvalue weighted by Crippen LogP contribution is 2.21. The fraction of sp³-hybridized carbons (Fsp3) is 0.333. The summed E-state index contributed by atoms with van der Waals surface area (Å²) in [7, 11) is -3.89. The van der Waals surface area contributed by atoms with E-state index in [-0.39, 0.29) is 17.8 Å². The molecular formula is C12H15FN2O2S. The molecule has 98 valence electrons. The van der Waals surface area contributed by atoms with Gasteiger partial charge in [0, 0.05) is 18.7 Å². The number of benzene rings is 1. The summed E-state index contributed by atoms with van der Waals surface area (Å²) in [5, 5.41) is 0. The summed E-state index contributed by atoms with van der Waals surface area (Å²) in [5.74, 6) is 1.61. The molecule has 0 spiro atoms. The number of aryl methyl sites for hydroxylation is 1. The molecule has 4 nitrogen and oxygen atoms in total. The van der Waals surface area contributed by atoms with Crippen LogP contribution in [0.1, 0.15) is 18.4 Å². The molecule has 0 aliphatic rings. The first kappa shape index (κ1) is 14.5. The zero-order chi connectivity index (χ0) is 13.8. The first-order valence-electron chi connectivity index (χ1n) is 5.37. The molecule has 0 aliphatic heterocycles. The molecule has 0 saturated carbocycles. The number of sulfonamides is 1. The van der Waals surface area contributed by atoms with Gasteiger partial charge in [-0.05, 0) is 31.0 Å². The molecule has 0 heterocycles. The molecule has 0 bridgehead atoms. The predicted octanol–water partition coefficient (Wildman–Crippen LogP) is 1.41. The Morgan fingerprint density at radius 3 is 2.78 bits per heavy atom. The standard InChI is InChI=1S/C12H15FN2O2S/c1-3-4-5-6-15-18(16,17)11-8-10(14)7-9(2)12(11)13/h1,7-8,15H,4-6,14H2,2H3. The van der Waals surface area contributed by atoms with Gasteiger partial charge in [-0.3, -0.25) is 0 Å². The summed E-state index contributed by atoms with van der Waals surface area (Å²) in [6, 6.07) is 2.48. The number of nitrogens with two attached hydrogens (primary N) is 1. The third-order valence-corrected chi connectivity index (χ3v) is 3.78. The molecule has 18 heavy (non-hydrogen) atoms. The van der Waals surface area contributed by atoms with Crippen molar-refractivity contribution < 1.29 is 12.8 Å². The van der Waals surface area contributed by atoms with Crippen LogP contribution < -0.4 is 10.5 Å². The average molecular weight is 270 g/mol. The van der Waals surface area contributed by atoms with Crippen LogP contribution in [0, 0.1) is 25.1 Å². The topological polar surface area (TPSA) is 72.2 Å². The number of hydrogen-bond donors (Lipinski definition) is 2. The maximum Gasteiger partial charge on any atom is 0.243 e. The number of halogens is 1. The minimum absolute atomic E-state index is 0.166. The van der Waals surface area contributed by atoms with Crippen LogP contribution in [0.5, 0.6) is 0 Å². The Morgan fingerprint density at radius 2 is 2.17 bits per heavy atom. The van der Waals surface area contributed by atoms with Crippen molar-refractivity contribution in [1.29, 1.82) is 0 Å². The molecule has 0 aliphatic carbocycles. The molecule has 1 aromatic carbocycles. The maximum atomic E-state index is 13.7. The van der Waals surface area contributed by atoms with E-state index in [1.54, 1.807) is 0 Å². The number of unbranched alkanes of at least 4 members (excludes halogenated alkanes) is 1. The highest BCUT2D eigenvalue weighted by molar-refractivity contribution is 7.89. The van der Waals surface area contributed by atoms with Crippen molar-refractivity contribution in [3.8, 4) is 12.3 Å². The normalized spacial score (nSPS) is 11.2. The minimum atomic E-state index is -3.89. The minimum Gasteiger partial charge on any atom is -0.399 e. The maximum absolute atomic E-state index is 13.7. The van der Waals surface area contributed by atoms with Crippen molar-refractivity contribution in [3.05, 3.63) is 23.5 Å². The molecule has 0 saturated heterocycles. The Kier molecular flexibility index (Phi) is 4.70. The van der Waals surface area contributed by atoms with Gasteiger partial charge in [-0.1, -0.05) is 0 Å². The third kappa shape index (κ3) is 3.45. The van der Waals surface area contributed by atoms with Crippen LogP contribution in [0.25, 0.3) is 0 Å². The number of nitrogens with one attached hydrogen (secondary N) is 1. The predicted molar refractivity (Wildman–Crippen MR) is 68.8 cm³/mol. The van der Waals surface area contributed by atoms with E-state index in [0.29, 0.717) is 12.8 Å². The molecule has 0 fully saturated rings. The fourth-order valence-electron chi connectivity index (χ4n) is 1.43. The smallest absolute Gasteiger partial charge is 0.243 e. The zero-order valence-electron chi connectivity index (χ0n) is 10.0. The van der Waals surface area contributed by atoms with Crippen molar-refractivity contribution in [2.75, 3.05) is 12.3 Å². The van der Waals surface area contributed by atoms with Gasteiger partial charge in [0.2, 0.25) is 10.0 Å². The van der Waals surface area contributed by atoms with E-state index in [1.807, 2.05) is 0 Å². The lowest BCUT2D eigenvalue weighted by Crippen LogP contribution is -2.26. The number of rotatable bonds is 5. The van der Waals surface area contributed by atoms with Gasteiger partial charge in [0.1, 0.15) is 10.7 Å². The van der Waals surface area contributed by atoms with E-state index in [4.69, 9.17) is 12.2 Å². The van der Waals surface area contributed by atoms with E-state index < -0.39 is 20.7 Å². The molecule has 0 radical (unpaired) electrons. The van der Waals surface area contributed by atoms with Gasteiger partial charge in [-0.2, -0.15) is 0 Å². The second-order valence-electron chi connectivity index (χ2n) is 3.86. The molecule has 0 unspecified atom stereocenters. The van der Waals surface area contributed by atoms with Crippen molar-refractivity contribution in [2.45, 2.75) is 24.7 Å². The Balaban J connectivity index is 2.96. The molecule has 1 rings (SSSR count). The Bertz CT molecular complexity index is 576. The zero-order valence-corrected chi connectivity index (χ0v) is 10.8. The molecule has 0 aromatic heterocycles. The van der Waals surface area contributed by atoms with Gasteiger partial charge in [0.05, 0.1) is 0 Å². The largest absolute Gasteiger partial charge is 0.399 e. The number of terminal acetylenes is 1. The van der Waals surface area contributed by atoms with E-state index in [9.17, 15) is 12.8 Å². The highest BCUT2D eigenvalue weighted by atomic mass is 32.2. The highest BCUT2D eigenvalue weighted by Gasteiger charge is 2.20. The third-order valence-electron chi connectivity index (χ3n) is 2.32. The average Bonchev–Trinajstić information content (AvgIpc) is 2.29.